The van der Waals surface area contributed by atoms with Crippen molar-refractivity contribution in [2.24, 2.45) is 0 Å². The maximum atomic E-state index is 6.37. The lowest BCUT2D eigenvalue weighted by atomic mass is 10.0. The number of para-hydroxylation sites is 4. The maximum absolute atomic E-state index is 6.37. The summed E-state index contributed by atoms with van der Waals surface area (Å²) in [7, 11) is 0. The summed E-state index contributed by atoms with van der Waals surface area (Å²) in [4.78, 5) is 12.0. The standard InChI is InChI=1S/C48H31N3O/c1-2-9-32(10-3-1)33-17-24-37(25-18-33)51(39-28-21-35(22-29-39)40-12-8-13-42-41-11-4-7-16-47(41)52-48(40)42)38-26-19-34(20-27-38)36-23-30-45-46(31-36)50-44-15-6-5-14-43(44)49-45/h1-31H. The minimum atomic E-state index is 0.888. The Labute approximate surface area is 300 Å². The topological polar surface area (TPSA) is 42.2 Å². The second-order valence-corrected chi connectivity index (χ2v) is 13.0. The summed E-state index contributed by atoms with van der Waals surface area (Å²) in [6, 6.07) is 65.8. The van der Waals surface area contributed by atoms with Crippen LogP contribution in [0.25, 0.3) is 77.4 Å². The van der Waals surface area contributed by atoms with E-state index >= 15 is 0 Å². The maximum Gasteiger partial charge on any atom is 0.143 e. The molecule has 0 fully saturated rings. The number of benzene rings is 8. The van der Waals surface area contributed by atoms with Gasteiger partial charge in [0, 0.05) is 33.4 Å². The van der Waals surface area contributed by atoms with Crippen molar-refractivity contribution in [3.8, 4) is 33.4 Å². The fraction of sp³-hybridized carbons (Fsp3) is 0. The zero-order chi connectivity index (χ0) is 34.4. The summed E-state index contributed by atoms with van der Waals surface area (Å²) in [5, 5.41) is 2.26. The van der Waals surface area contributed by atoms with Gasteiger partial charge in [0.25, 0.3) is 0 Å². The van der Waals surface area contributed by atoms with Crippen LogP contribution in [0.5, 0.6) is 0 Å². The number of nitrogens with zero attached hydrogens (tertiary/aromatic N) is 3. The Bertz CT molecular complexity index is 2880. The van der Waals surface area contributed by atoms with Crippen LogP contribution in [0, 0.1) is 0 Å². The molecule has 4 heteroatoms. The fourth-order valence-corrected chi connectivity index (χ4v) is 7.25. The van der Waals surface area contributed by atoms with Gasteiger partial charge in [0.2, 0.25) is 0 Å². The van der Waals surface area contributed by atoms with Crippen molar-refractivity contribution < 1.29 is 4.42 Å². The van der Waals surface area contributed by atoms with Gasteiger partial charge in [0.1, 0.15) is 11.2 Å². The molecule has 0 saturated carbocycles. The van der Waals surface area contributed by atoms with Gasteiger partial charge in [0.15, 0.2) is 0 Å². The van der Waals surface area contributed by atoms with Crippen LogP contribution in [0.2, 0.25) is 0 Å². The summed E-state index contributed by atoms with van der Waals surface area (Å²) in [6.45, 7) is 0. The van der Waals surface area contributed by atoms with E-state index in [1.807, 2.05) is 36.4 Å². The molecule has 52 heavy (non-hydrogen) atoms. The van der Waals surface area contributed by atoms with E-state index in [2.05, 4.69) is 157 Å². The van der Waals surface area contributed by atoms with Crippen molar-refractivity contribution >= 4 is 61.1 Å². The van der Waals surface area contributed by atoms with Crippen LogP contribution in [0.3, 0.4) is 0 Å². The Morgan fingerprint density at radius 2 is 0.846 bits per heavy atom. The summed E-state index contributed by atoms with van der Waals surface area (Å²) in [5.41, 5.74) is 15.4. The Hall–Kier alpha value is -7.04. The van der Waals surface area contributed by atoms with Gasteiger partial charge >= 0.3 is 0 Å². The van der Waals surface area contributed by atoms with Crippen molar-refractivity contribution in [1.29, 1.82) is 0 Å². The molecule has 0 spiro atoms. The Morgan fingerprint density at radius 1 is 0.346 bits per heavy atom. The van der Waals surface area contributed by atoms with Crippen molar-refractivity contribution in [2.45, 2.75) is 0 Å². The van der Waals surface area contributed by atoms with Gasteiger partial charge in [0.05, 0.1) is 22.1 Å². The molecule has 0 saturated heterocycles. The fourth-order valence-electron chi connectivity index (χ4n) is 7.25. The monoisotopic (exact) mass is 665 g/mol. The van der Waals surface area contributed by atoms with Crippen LogP contribution in [0.4, 0.5) is 17.1 Å². The predicted molar refractivity (Wildman–Crippen MR) is 215 cm³/mol. The van der Waals surface area contributed by atoms with E-state index in [0.29, 0.717) is 0 Å². The van der Waals surface area contributed by atoms with E-state index in [4.69, 9.17) is 14.4 Å². The average molecular weight is 666 g/mol. The summed E-state index contributed by atoms with van der Waals surface area (Å²) >= 11 is 0. The molecular formula is C48H31N3O. The largest absolute Gasteiger partial charge is 0.455 e. The molecule has 8 aromatic carbocycles. The van der Waals surface area contributed by atoms with Gasteiger partial charge in [-0.15, -0.1) is 0 Å². The van der Waals surface area contributed by atoms with Crippen LogP contribution < -0.4 is 4.90 Å². The third kappa shape index (κ3) is 5.26. The molecule has 0 aliphatic heterocycles. The van der Waals surface area contributed by atoms with Crippen molar-refractivity contribution in [3.63, 3.8) is 0 Å². The van der Waals surface area contributed by atoms with Gasteiger partial charge in [-0.1, -0.05) is 121 Å². The first-order valence-electron chi connectivity index (χ1n) is 17.5. The van der Waals surface area contributed by atoms with E-state index in [0.717, 1.165) is 83.3 Å². The first-order valence-corrected chi connectivity index (χ1v) is 17.5. The lowest BCUT2D eigenvalue weighted by Gasteiger charge is -2.26. The highest BCUT2D eigenvalue weighted by atomic mass is 16.3. The van der Waals surface area contributed by atoms with E-state index < -0.39 is 0 Å². The summed E-state index contributed by atoms with van der Waals surface area (Å²) in [5.74, 6) is 0. The van der Waals surface area contributed by atoms with E-state index in [9.17, 15) is 0 Å². The van der Waals surface area contributed by atoms with E-state index in [1.54, 1.807) is 0 Å². The van der Waals surface area contributed by atoms with Gasteiger partial charge in [-0.2, -0.15) is 0 Å². The molecule has 0 unspecified atom stereocenters. The van der Waals surface area contributed by atoms with Crippen LogP contribution >= 0.6 is 0 Å². The second-order valence-electron chi connectivity index (χ2n) is 13.0. The summed E-state index contributed by atoms with van der Waals surface area (Å²) < 4.78 is 6.37. The Kier molecular flexibility index (Phi) is 7.10. The van der Waals surface area contributed by atoms with Crippen LogP contribution in [-0.2, 0) is 0 Å². The van der Waals surface area contributed by atoms with Gasteiger partial charge in [-0.25, -0.2) is 9.97 Å². The Morgan fingerprint density at radius 3 is 1.54 bits per heavy atom. The lowest BCUT2D eigenvalue weighted by Crippen LogP contribution is -2.09. The first-order chi connectivity index (χ1) is 25.7. The van der Waals surface area contributed by atoms with E-state index in [-0.39, 0.29) is 0 Å². The molecule has 0 N–H and O–H groups in total. The number of fused-ring (bicyclic) bond motifs is 5. The molecule has 0 bridgehead atoms. The molecule has 0 amide bonds. The highest BCUT2D eigenvalue weighted by Crippen LogP contribution is 2.40. The zero-order valence-electron chi connectivity index (χ0n) is 28.1. The SMILES string of the molecule is c1ccc(-c2ccc(N(c3ccc(-c4ccc5nc6ccccc6nc5c4)cc3)c3ccc(-c4cccc5c4oc4ccccc45)cc3)cc2)cc1. The third-order valence-electron chi connectivity index (χ3n) is 9.87. The molecular weight excluding hydrogens is 635 g/mol. The van der Waals surface area contributed by atoms with Gasteiger partial charge in [-0.05, 0) is 94.5 Å². The predicted octanol–water partition coefficient (Wildman–Crippen LogP) is 13.2. The number of hydrogen-bond acceptors (Lipinski definition) is 4. The summed E-state index contributed by atoms with van der Waals surface area (Å²) in [6.07, 6.45) is 0. The van der Waals surface area contributed by atoms with E-state index in [1.165, 1.54) is 11.1 Å². The number of anilines is 3. The van der Waals surface area contributed by atoms with Crippen LogP contribution in [0.15, 0.2) is 192 Å². The lowest BCUT2D eigenvalue weighted by molar-refractivity contribution is 0.670. The molecule has 10 rings (SSSR count). The molecule has 2 heterocycles. The number of aromatic nitrogens is 2. The number of hydrogen-bond donors (Lipinski definition) is 0. The van der Waals surface area contributed by atoms with Crippen LogP contribution in [-0.4, -0.2) is 9.97 Å². The van der Waals surface area contributed by atoms with Crippen molar-refractivity contribution in [1.82, 2.24) is 9.97 Å². The van der Waals surface area contributed by atoms with Gasteiger partial charge in [-0.3, -0.25) is 0 Å². The van der Waals surface area contributed by atoms with Crippen molar-refractivity contribution in [2.75, 3.05) is 4.90 Å². The first kappa shape index (κ1) is 29.8. The highest BCUT2D eigenvalue weighted by Gasteiger charge is 2.16. The molecule has 0 radical (unpaired) electrons. The third-order valence-corrected chi connectivity index (χ3v) is 9.87. The molecule has 10 aromatic rings. The van der Waals surface area contributed by atoms with Crippen molar-refractivity contribution in [3.05, 3.63) is 188 Å². The van der Waals surface area contributed by atoms with Crippen LogP contribution in [0.1, 0.15) is 0 Å². The minimum Gasteiger partial charge on any atom is -0.455 e. The second kappa shape index (κ2) is 12.4. The van der Waals surface area contributed by atoms with Gasteiger partial charge < -0.3 is 9.32 Å². The molecule has 0 aliphatic rings. The molecule has 244 valence electrons. The molecule has 0 aliphatic carbocycles. The average Bonchev–Trinajstić information content (AvgIpc) is 3.60. The minimum absolute atomic E-state index is 0.888. The quantitative estimate of drug-likeness (QED) is 0.166. The molecule has 0 atom stereocenters. The number of furan rings is 1. The Balaban J connectivity index is 1.03. The number of rotatable bonds is 6. The smallest absolute Gasteiger partial charge is 0.143 e. The zero-order valence-corrected chi connectivity index (χ0v) is 28.1. The normalized spacial score (nSPS) is 11.5. The highest BCUT2D eigenvalue weighted by molar-refractivity contribution is 6.09. The molecule has 4 nitrogen and oxygen atoms in total. The molecule has 2 aromatic heterocycles.